The Balaban J connectivity index is 1.46. The van der Waals surface area contributed by atoms with Crippen molar-refractivity contribution in [3.05, 3.63) is 185 Å². The van der Waals surface area contributed by atoms with Gasteiger partial charge in [-0.15, -0.1) is 0 Å². The number of hydrogen-bond donors (Lipinski definition) is 0. The second-order valence-corrected chi connectivity index (χ2v) is 20.6. The Morgan fingerprint density at radius 2 is 0.967 bits per heavy atom. The molecule has 0 aromatic heterocycles. The van der Waals surface area contributed by atoms with E-state index in [4.69, 9.17) is 8.22 Å². The average Bonchev–Trinajstić information content (AvgIpc) is 3.27. The minimum absolute atomic E-state index is 0.0422. The molecule has 0 N–H and O–H groups in total. The predicted molar refractivity (Wildman–Crippen MR) is 265 cm³/mol. The summed E-state index contributed by atoms with van der Waals surface area (Å²) in [5.41, 5.74) is 12.2. The lowest BCUT2D eigenvalue weighted by molar-refractivity contribution is 0.590. The molecule has 0 radical (unpaired) electrons. The molecule has 0 spiro atoms. The molecule has 2 heterocycles. The third kappa shape index (κ3) is 7.01. The van der Waals surface area contributed by atoms with Crippen LogP contribution in [0.1, 0.15) is 122 Å². The number of nitrogens with zero attached hydrogens (tertiary/aromatic N) is 2. The lowest BCUT2D eigenvalue weighted by atomic mass is 9.33. The molecule has 0 unspecified atom stereocenters. The molecule has 2 aliphatic heterocycles. The van der Waals surface area contributed by atoms with Crippen molar-refractivity contribution >= 4 is 57.2 Å². The van der Waals surface area contributed by atoms with Gasteiger partial charge >= 0.3 is 0 Å². The molecule has 0 aliphatic carbocycles. The average molecular weight is 806 g/mol. The van der Waals surface area contributed by atoms with Crippen LogP contribution >= 0.6 is 0 Å². The van der Waals surface area contributed by atoms with Gasteiger partial charge in [-0.3, -0.25) is 0 Å². The van der Waals surface area contributed by atoms with Gasteiger partial charge in [-0.25, -0.2) is 0 Å². The molecular weight excluding hydrogens is 735 g/mol. The van der Waals surface area contributed by atoms with Gasteiger partial charge in [0.2, 0.25) is 0 Å². The summed E-state index contributed by atoms with van der Waals surface area (Å²) in [5, 5.41) is 0. The number of anilines is 6. The second-order valence-electron chi connectivity index (χ2n) is 20.6. The number of hydrogen-bond acceptors (Lipinski definition) is 2. The fraction of sp³-hybridized carbons (Fsp3) is 0.276. The van der Waals surface area contributed by atoms with Crippen molar-refractivity contribution in [2.75, 3.05) is 9.80 Å². The zero-order chi connectivity index (χ0) is 51.1. The molecule has 61 heavy (non-hydrogen) atoms. The van der Waals surface area contributed by atoms with E-state index in [0.717, 1.165) is 61.4 Å². The lowest BCUT2D eigenvalue weighted by Crippen LogP contribution is -2.61. The van der Waals surface area contributed by atoms with Crippen LogP contribution in [-0.4, -0.2) is 6.71 Å². The monoisotopic (exact) mass is 806 g/mol. The van der Waals surface area contributed by atoms with Gasteiger partial charge in [0.05, 0.1) is 18.0 Å². The number of rotatable bonds is 5. The van der Waals surface area contributed by atoms with Crippen LogP contribution in [0.2, 0.25) is 0 Å². The minimum atomic E-state index is -0.829. The first kappa shape index (κ1) is 31.1. The standard InChI is InChI=1S/C58H61BN2/c1-38-33-52-54-53(34-38)61(49-30-25-42(56(5,6)7)35-46(49)39-19-15-13-16-20-39)51-32-27-44(58(11,12)41-21-17-14-18-22-41)37-48(51)59(54)47-36-43(57(8,9)10)26-31-50(47)60(52)45-28-23-40(24-29-45)55(2,3)4/h13-37H,1-12H3/i13D,14D,15D,16D,17D,18D,19D,30D,32D. The summed E-state index contributed by atoms with van der Waals surface area (Å²) in [6, 6.07) is 31.4. The molecule has 0 saturated heterocycles. The summed E-state index contributed by atoms with van der Waals surface area (Å²) < 4.78 is 81.6. The van der Waals surface area contributed by atoms with Gasteiger partial charge in [-0.05, 0) is 127 Å². The van der Waals surface area contributed by atoms with E-state index in [0.29, 0.717) is 22.5 Å². The zero-order valence-electron chi connectivity index (χ0n) is 46.7. The van der Waals surface area contributed by atoms with Crippen LogP contribution < -0.4 is 26.2 Å². The topological polar surface area (TPSA) is 6.48 Å². The first-order chi connectivity index (χ1) is 32.5. The first-order valence-electron chi connectivity index (χ1n) is 26.0. The van der Waals surface area contributed by atoms with Crippen molar-refractivity contribution in [3.63, 3.8) is 0 Å². The molecule has 2 nitrogen and oxygen atoms in total. The van der Waals surface area contributed by atoms with Crippen molar-refractivity contribution in [2.24, 2.45) is 0 Å². The summed E-state index contributed by atoms with van der Waals surface area (Å²) in [7, 11) is 0. The Hall–Kier alpha value is -5.80. The van der Waals surface area contributed by atoms with Gasteiger partial charge in [0, 0.05) is 39.4 Å². The molecular formula is C58H61BN2. The summed E-state index contributed by atoms with van der Waals surface area (Å²) in [5.74, 6) is 0. The summed E-state index contributed by atoms with van der Waals surface area (Å²) >= 11 is 0. The van der Waals surface area contributed by atoms with Gasteiger partial charge < -0.3 is 9.80 Å². The number of aryl methyl sites for hydroxylation is 1. The first-order valence-corrected chi connectivity index (χ1v) is 21.5. The van der Waals surface area contributed by atoms with E-state index >= 15 is 0 Å². The molecule has 0 bridgehead atoms. The smallest absolute Gasteiger partial charge is 0.252 e. The Kier molecular flexibility index (Phi) is 7.35. The zero-order valence-corrected chi connectivity index (χ0v) is 37.7. The highest BCUT2D eigenvalue weighted by Gasteiger charge is 2.45. The van der Waals surface area contributed by atoms with Crippen molar-refractivity contribution in [1.82, 2.24) is 0 Å². The number of benzene rings is 7. The van der Waals surface area contributed by atoms with Crippen LogP contribution in [-0.2, 0) is 21.7 Å². The van der Waals surface area contributed by atoms with Gasteiger partial charge in [-0.2, -0.15) is 0 Å². The maximum absolute atomic E-state index is 10.3. The largest absolute Gasteiger partial charge is 0.311 e. The molecule has 0 saturated carbocycles. The van der Waals surface area contributed by atoms with E-state index in [-0.39, 0.29) is 70.8 Å². The van der Waals surface area contributed by atoms with Crippen LogP contribution in [0.4, 0.5) is 34.1 Å². The third-order valence-corrected chi connectivity index (χ3v) is 12.9. The lowest BCUT2D eigenvalue weighted by Gasteiger charge is -2.45. The third-order valence-electron chi connectivity index (χ3n) is 12.9. The van der Waals surface area contributed by atoms with E-state index in [2.05, 4.69) is 135 Å². The van der Waals surface area contributed by atoms with Crippen LogP contribution in [0.15, 0.2) is 151 Å². The Bertz CT molecular complexity index is 3300. The van der Waals surface area contributed by atoms with Crippen molar-refractivity contribution in [2.45, 2.75) is 105 Å². The second kappa shape index (κ2) is 14.4. The maximum atomic E-state index is 10.3. The molecule has 0 atom stereocenters. The maximum Gasteiger partial charge on any atom is 0.252 e. The summed E-state index contributed by atoms with van der Waals surface area (Å²) in [6.45, 7) is 25.1. The normalized spacial score (nSPS) is 15.9. The van der Waals surface area contributed by atoms with E-state index in [1.807, 2.05) is 36.9 Å². The SMILES string of the molecule is [2H]c1cc(C(C)(C)c2cc([2H])c3c(c2)B2c4cc(C(C)(C)C)ccc4N(c4ccc(C(C)(C)C)cc4)c4cc(C)cc(c42)N3c2c([2H])cc(C(C)(C)C)cc2-c2cc([2H])c([2H])c([2H])c2[2H])cc([2H])c1[2H]. The molecule has 2 aliphatic rings. The van der Waals surface area contributed by atoms with Crippen molar-refractivity contribution in [3.8, 4) is 11.1 Å². The molecule has 0 amide bonds. The van der Waals surface area contributed by atoms with Gasteiger partial charge in [0.1, 0.15) is 0 Å². The Morgan fingerprint density at radius 3 is 1.64 bits per heavy atom. The fourth-order valence-electron chi connectivity index (χ4n) is 9.09. The molecule has 7 aromatic carbocycles. The minimum Gasteiger partial charge on any atom is -0.311 e. The Labute approximate surface area is 379 Å². The quantitative estimate of drug-likeness (QED) is 0.160. The fourth-order valence-corrected chi connectivity index (χ4v) is 9.09. The van der Waals surface area contributed by atoms with Crippen LogP contribution in [0.3, 0.4) is 0 Å². The van der Waals surface area contributed by atoms with Gasteiger partial charge in [0.15, 0.2) is 0 Å². The molecule has 9 rings (SSSR count). The van der Waals surface area contributed by atoms with Crippen LogP contribution in [0.25, 0.3) is 11.1 Å². The summed E-state index contributed by atoms with van der Waals surface area (Å²) in [4.78, 5) is 4.35. The Morgan fingerprint density at radius 1 is 0.426 bits per heavy atom. The predicted octanol–water partition coefficient (Wildman–Crippen LogP) is 14.0. The van der Waals surface area contributed by atoms with E-state index in [1.165, 1.54) is 11.6 Å². The van der Waals surface area contributed by atoms with Crippen molar-refractivity contribution < 1.29 is 12.3 Å². The van der Waals surface area contributed by atoms with Crippen LogP contribution in [0, 0.1) is 6.92 Å². The molecule has 7 aromatic rings. The van der Waals surface area contributed by atoms with E-state index in [1.54, 1.807) is 12.1 Å². The molecule has 306 valence electrons. The highest BCUT2D eigenvalue weighted by molar-refractivity contribution is 7.00. The summed E-state index contributed by atoms with van der Waals surface area (Å²) in [6.07, 6.45) is 0. The van der Waals surface area contributed by atoms with E-state index < -0.39 is 17.5 Å². The van der Waals surface area contributed by atoms with E-state index in [9.17, 15) is 4.11 Å². The highest BCUT2D eigenvalue weighted by Crippen LogP contribution is 2.48. The molecule has 0 fully saturated rings. The number of fused-ring (bicyclic) bond motifs is 4. The van der Waals surface area contributed by atoms with Crippen molar-refractivity contribution in [1.29, 1.82) is 0 Å². The van der Waals surface area contributed by atoms with Crippen LogP contribution in [0.5, 0.6) is 0 Å². The van der Waals surface area contributed by atoms with Gasteiger partial charge in [0.25, 0.3) is 6.71 Å². The highest BCUT2D eigenvalue weighted by atomic mass is 15.2. The molecule has 3 heteroatoms. The van der Waals surface area contributed by atoms with Gasteiger partial charge in [-0.1, -0.05) is 179 Å².